The van der Waals surface area contributed by atoms with Gasteiger partial charge in [-0.25, -0.2) is 0 Å². The summed E-state index contributed by atoms with van der Waals surface area (Å²) in [6.07, 6.45) is 0.901. The number of para-hydroxylation sites is 1. The second-order valence-electron chi connectivity index (χ2n) is 6.60. The van der Waals surface area contributed by atoms with Gasteiger partial charge in [0, 0.05) is 32.7 Å². The van der Waals surface area contributed by atoms with Crippen molar-refractivity contribution >= 4 is 22.8 Å². The Balaban J connectivity index is 1.63. The Kier molecular flexibility index (Phi) is 3.40. The quantitative estimate of drug-likeness (QED) is 0.793. The highest BCUT2D eigenvalue weighted by Gasteiger charge is 2.43. The van der Waals surface area contributed by atoms with Crippen LogP contribution in [0.15, 0.2) is 39.5 Å². The van der Waals surface area contributed by atoms with Crippen molar-refractivity contribution in [3.05, 3.63) is 46.3 Å². The van der Waals surface area contributed by atoms with Crippen LogP contribution in [0.1, 0.15) is 17.0 Å². The van der Waals surface area contributed by atoms with E-state index in [1.807, 2.05) is 0 Å². The molecule has 0 bridgehead atoms. The van der Waals surface area contributed by atoms with Crippen LogP contribution in [0.25, 0.3) is 11.0 Å². The van der Waals surface area contributed by atoms with E-state index < -0.39 is 0 Å². The Morgan fingerprint density at radius 3 is 2.83 bits per heavy atom. The standard InChI is InChI=1S/C18H18N2O4/c1-19-7-6-11-9-20(10-13(11)17(19)22)18(23)16-8-14(21)12-4-2-3-5-15(12)24-16/h2-5,8,11,13H,6-7,9-10H2,1H3/t11-,13+/m1/s1. The van der Waals surface area contributed by atoms with E-state index in [0.29, 0.717) is 24.1 Å². The van der Waals surface area contributed by atoms with Crippen molar-refractivity contribution in [2.75, 3.05) is 26.7 Å². The number of hydrogen-bond acceptors (Lipinski definition) is 4. The van der Waals surface area contributed by atoms with E-state index in [1.165, 1.54) is 6.07 Å². The molecule has 2 amide bonds. The number of carbonyl (C=O) groups excluding carboxylic acids is 2. The molecular weight excluding hydrogens is 308 g/mol. The highest BCUT2D eigenvalue weighted by molar-refractivity contribution is 5.94. The molecule has 1 aromatic heterocycles. The minimum Gasteiger partial charge on any atom is -0.451 e. The molecule has 2 fully saturated rings. The van der Waals surface area contributed by atoms with Gasteiger partial charge in [0.25, 0.3) is 5.91 Å². The first-order chi connectivity index (χ1) is 11.5. The summed E-state index contributed by atoms with van der Waals surface area (Å²) in [6.45, 7) is 1.66. The van der Waals surface area contributed by atoms with E-state index >= 15 is 0 Å². The lowest BCUT2D eigenvalue weighted by Crippen LogP contribution is -2.42. The van der Waals surface area contributed by atoms with E-state index in [0.717, 1.165) is 13.0 Å². The number of carbonyl (C=O) groups is 2. The van der Waals surface area contributed by atoms with Crippen molar-refractivity contribution in [3.8, 4) is 0 Å². The largest absolute Gasteiger partial charge is 0.451 e. The van der Waals surface area contributed by atoms with Crippen LogP contribution in [0.3, 0.4) is 0 Å². The van der Waals surface area contributed by atoms with E-state index in [1.54, 1.807) is 41.1 Å². The van der Waals surface area contributed by atoms with Crippen LogP contribution in [0.5, 0.6) is 0 Å². The minimum absolute atomic E-state index is 0.0400. The molecule has 6 heteroatoms. The van der Waals surface area contributed by atoms with E-state index in [9.17, 15) is 14.4 Å². The summed E-state index contributed by atoms with van der Waals surface area (Å²) in [5.74, 6) is -0.118. The first-order valence-electron chi connectivity index (χ1n) is 8.12. The average molecular weight is 326 g/mol. The SMILES string of the molecule is CN1CC[C@@H]2CN(C(=O)c3cc(=O)c4ccccc4o3)C[C@@H]2C1=O. The van der Waals surface area contributed by atoms with Crippen molar-refractivity contribution in [1.29, 1.82) is 0 Å². The van der Waals surface area contributed by atoms with Crippen molar-refractivity contribution in [2.45, 2.75) is 6.42 Å². The predicted octanol–water partition coefficient (Wildman–Crippen LogP) is 1.34. The Morgan fingerprint density at radius 2 is 2.00 bits per heavy atom. The Bertz CT molecular complexity index is 888. The molecule has 1 aromatic carbocycles. The van der Waals surface area contributed by atoms with Crippen LogP contribution < -0.4 is 5.43 Å². The molecule has 0 saturated carbocycles. The third-order valence-electron chi connectivity index (χ3n) is 5.10. The third kappa shape index (κ3) is 2.29. The van der Waals surface area contributed by atoms with Crippen LogP contribution >= 0.6 is 0 Å². The number of rotatable bonds is 1. The Labute approximate surface area is 138 Å². The van der Waals surface area contributed by atoms with E-state index in [4.69, 9.17) is 4.42 Å². The summed E-state index contributed by atoms with van der Waals surface area (Å²) in [7, 11) is 1.80. The Hall–Kier alpha value is -2.63. The van der Waals surface area contributed by atoms with Gasteiger partial charge in [0.1, 0.15) is 5.58 Å². The van der Waals surface area contributed by atoms with Gasteiger partial charge in [0.2, 0.25) is 5.91 Å². The lowest BCUT2D eigenvalue weighted by Gasteiger charge is -2.30. The van der Waals surface area contributed by atoms with Crippen molar-refractivity contribution in [2.24, 2.45) is 11.8 Å². The van der Waals surface area contributed by atoms with Crippen LogP contribution in [-0.2, 0) is 4.79 Å². The van der Waals surface area contributed by atoms with Gasteiger partial charge in [0.05, 0.1) is 11.3 Å². The smallest absolute Gasteiger partial charge is 0.289 e. The zero-order valence-electron chi connectivity index (χ0n) is 13.4. The fourth-order valence-electron chi connectivity index (χ4n) is 3.73. The van der Waals surface area contributed by atoms with Gasteiger partial charge >= 0.3 is 0 Å². The summed E-state index contributed by atoms with van der Waals surface area (Å²) in [5.41, 5.74) is 0.174. The maximum absolute atomic E-state index is 12.7. The molecule has 24 heavy (non-hydrogen) atoms. The second kappa shape index (κ2) is 5.47. The molecule has 2 saturated heterocycles. The second-order valence-corrected chi connectivity index (χ2v) is 6.60. The minimum atomic E-state index is -0.317. The lowest BCUT2D eigenvalue weighted by molar-refractivity contribution is -0.137. The zero-order valence-corrected chi connectivity index (χ0v) is 13.4. The van der Waals surface area contributed by atoms with Gasteiger partial charge in [-0.15, -0.1) is 0 Å². The topological polar surface area (TPSA) is 70.8 Å². The number of benzene rings is 1. The molecule has 2 aliphatic heterocycles. The first kappa shape index (κ1) is 14.9. The number of fused-ring (bicyclic) bond motifs is 2. The van der Waals surface area contributed by atoms with E-state index in [-0.39, 0.29) is 34.8 Å². The Morgan fingerprint density at radius 1 is 1.21 bits per heavy atom. The summed E-state index contributed by atoms with van der Waals surface area (Å²) < 4.78 is 5.63. The van der Waals surface area contributed by atoms with Gasteiger partial charge in [-0.1, -0.05) is 12.1 Å². The summed E-state index contributed by atoms with van der Waals surface area (Å²) in [5, 5.41) is 0.459. The fraction of sp³-hybridized carbons (Fsp3) is 0.389. The molecule has 3 heterocycles. The molecule has 2 aromatic rings. The molecule has 124 valence electrons. The highest BCUT2D eigenvalue weighted by Crippen LogP contribution is 2.32. The van der Waals surface area contributed by atoms with Crippen molar-refractivity contribution in [3.63, 3.8) is 0 Å². The number of nitrogens with zero attached hydrogens (tertiary/aromatic N) is 2. The monoisotopic (exact) mass is 326 g/mol. The maximum Gasteiger partial charge on any atom is 0.289 e. The summed E-state index contributed by atoms with van der Waals surface area (Å²) in [6, 6.07) is 8.12. The molecule has 0 aliphatic carbocycles. The van der Waals surface area contributed by atoms with Crippen LogP contribution in [-0.4, -0.2) is 48.3 Å². The van der Waals surface area contributed by atoms with Crippen molar-refractivity contribution in [1.82, 2.24) is 9.80 Å². The van der Waals surface area contributed by atoms with Crippen LogP contribution in [0, 0.1) is 11.8 Å². The van der Waals surface area contributed by atoms with E-state index in [2.05, 4.69) is 0 Å². The zero-order chi connectivity index (χ0) is 16.8. The molecule has 0 spiro atoms. The van der Waals surface area contributed by atoms with Crippen molar-refractivity contribution < 1.29 is 14.0 Å². The molecule has 6 nitrogen and oxygen atoms in total. The third-order valence-corrected chi connectivity index (χ3v) is 5.10. The molecule has 4 rings (SSSR count). The summed E-state index contributed by atoms with van der Waals surface area (Å²) in [4.78, 5) is 40.5. The fourth-order valence-corrected chi connectivity index (χ4v) is 3.73. The lowest BCUT2D eigenvalue weighted by atomic mass is 9.88. The van der Waals surface area contributed by atoms with Gasteiger partial charge in [-0.2, -0.15) is 0 Å². The average Bonchev–Trinajstić information content (AvgIpc) is 3.02. The number of piperidine rings is 1. The van der Waals surface area contributed by atoms with Gasteiger partial charge in [-0.05, 0) is 24.5 Å². The summed E-state index contributed by atoms with van der Waals surface area (Å²) >= 11 is 0. The van der Waals surface area contributed by atoms with Gasteiger partial charge in [-0.3, -0.25) is 14.4 Å². The molecule has 0 unspecified atom stereocenters. The maximum atomic E-state index is 12.7. The molecule has 2 aliphatic rings. The molecule has 0 N–H and O–H groups in total. The molecular formula is C18H18N2O4. The normalized spacial score (nSPS) is 23.6. The molecule has 0 radical (unpaired) electrons. The van der Waals surface area contributed by atoms with Gasteiger partial charge < -0.3 is 14.2 Å². The molecule has 2 atom stereocenters. The number of likely N-dealkylation sites (tertiary alicyclic amines) is 2. The van der Waals surface area contributed by atoms with Gasteiger partial charge in [0.15, 0.2) is 11.2 Å². The predicted molar refractivity (Wildman–Crippen MR) is 87.6 cm³/mol. The number of hydrogen-bond donors (Lipinski definition) is 0. The highest BCUT2D eigenvalue weighted by atomic mass is 16.3. The number of amides is 2. The van der Waals surface area contributed by atoms with Crippen LogP contribution in [0.4, 0.5) is 0 Å². The van der Waals surface area contributed by atoms with Crippen LogP contribution in [0.2, 0.25) is 0 Å². The first-order valence-corrected chi connectivity index (χ1v) is 8.12.